The Kier molecular flexibility index (Phi) is 5.43. The Morgan fingerprint density at radius 1 is 1.30 bits per heavy atom. The highest BCUT2D eigenvalue weighted by molar-refractivity contribution is 7.15. The number of aromatic nitrogens is 2. The molecular formula is C21H25N3O2S. The summed E-state index contributed by atoms with van der Waals surface area (Å²) >= 11 is 1.57. The van der Waals surface area contributed by atoms with E-state index in [0.29, 0.717) is 12.5 Å². The summed E-state index contributed by atoms with van der Waals surface area (Å²) in [7, 11) is 1.66. The van der Waals surface area contributed by atoms with Gasteiger partial charge in [0.2, 0.25) is 5.91 Å². The van der Waals surface area contributed by atoms with E-state index in [9.17, 15) is 4.79 Å². The molecule has 1 fully saturated rings. The molecule has 27 heavy (non-hydrogen) atoms. The van der Waals surface area contributed by atoms with Crippen LogP contribution in [0, 0.1) is 0 Å². The van der Waals surface area contributed by atoms with Gasteiger partial charge in [0.1, 0.15) is 5.75 Å². The molecule has 0 spiro atoms. The van der Waals surface area contributed by atoms with E-state index in [1.54, 1.807) is 18.4 Å². The summed E-state index contributed by atoms with van der Waals surface area (Å²) in [5, 5.41) is 5.26. The fraction of sp³-hybridized carbons (Fsp3) is 0.429. The average molecular weight is 384 g/mol. The van der Waals surface area contributed by atoms with Gasteiger partial charge in [-0.15, -0.1) is 11.3 Å². The van der Waals surface area contributed by atoms with E-state index in [1.165, 1.54) is 25.7 Å². The Morgan fingerprint density at radius 3 is 2.89 bits per heavy atom. The van der Waals surface area contributed by atoms with Crippen LogP contribution in [0.1, 0.15) is 44.2 Å². The molecule has 0 unspecified atom stereocenters. The van der Waals surface area contributed by atoms with E-state index < -0.39 is 0 Å². The van der Waals surface area contributed by atoms with E-state index in [2.05, 4.69) is 5.32 Å². The number of nitrogens with zero attached hydrogens (tertiary/aromatic N) is 2. The minimum atomic E-state index is 0.109. The van der Waals surface area contributed by atoms with Crippen LogP contribution in [0.3, 0.4) is 0 Å². The number of thiazole rings is 1. The van der Waals surface area contributed by atoms with Crippen molar-refractivity contribution in [3.63, 3.8) is 0 Å². The van der Waals surface area contributed by atoms with Gasteiger partial charge in [-0.25, -0.2) is 4.98 Å². The van der Waals surface area contributed by atoms with Crippen molar-refractivity contribution in [3.05, 3.63) is 41.5 Å². The van der Waals surface area contributed by atoms with Crippen molar-refractivity contribution in [3.8, 4) is 17.0 Å². The first kappa shape index (κ1) is 18.0. The summed E-state index contributed by atoms with van der Waals surface area (Å²) < 4.78 is 7.34. The van der Waals surface area contributed by atoms with Crippen molar-refractivity contribution in [2.75, 3.05) is 7.11 Å². The van der Waals surface area contributed by atoms with Crippen molar-refractivity contribution in [1.29, 1.82) is 0 Å². The number of amides is 1. The van der Waals surface area contributed by atoms with Crippen LogP contribution in [0.5, 0.6) is 5.75 Å². The van der Waals surface area contributed by atoms with Gasteiger partial charge in [-0.1, -0.05) is 37.8 Å². The molecule has 142 valence electrons. The van der Waals surface area contributed by atoms with Crippen LogP contribution in [-0.4, -0.2) is 28.4 Å². The SMILES string of the molecule is COc1cccc(-c2cn3c(CC(=O)NC4CCCCCC4)csc3n2)c1. The van der Waals surface area contributed by atoms with Gasteiger partial charge in [0.05, 0.1) is 19.2 Å². The minimum absolute atomic E-state index is 0.109. The second-order valence-electron chi connectivity index (χ2n) is 7.17. The summed E-state index contributed by atoms with van der Waals surface area (Å²) in [4.78, 5) is 18.2. The third kappa shape index (κ3) is 4.16. The molecule has 1 aromatic carbocycles. The van der Waals surface area contributed by atoms with Crippen molar-refractivity contribution in [2.24, 2.45) is 0 Å². The molecule has 1 saturated carbocycles. The molecule has 5 nitrogen and oxygen atoms in total. The molecule has 0 bridgehead atoms. The number of carbonyl (C=O) groups excluding carboxylic acids is 1. The predicted octanol–water partition coefficient (Wildman–Crippen LogP) is 4.45. The van der Waals surface area contributed by atoms with Crippen LogP contribution in [0.2, 0.25) is 0 Å². The highest BCUT2D eigenvalue weighted by Crippen LogP contribution is 2.26. The molecule has 1 amide bonds. The minimum Gasteiger partial charge on any atom is -0.497 e. The molecule has 0 aliphatic heterocycles. The number of imidazole rings is 1. The lowest BCUT2D eigenvalue weighted by Crippen LogP contribution is -2.35. The fourth-order valence-corrected chi connectivity index (χ4v) is 4.62. The largest absolute Gasteiger partial charge is 0.497 e. The number of nitrogens with one attached hydrogen (secondary N) is 1. The zero-order valence-corrected chi connectivity index (χ0v) is 16.4. The Bertz CT molecular complexity index is 923. The lowest BCUT2D eigenvalue weighted by molar-refractivity contribution is -0.121. The lowest BCUT2D eigenvalue weighted by atomic mass is 10.1. The monoisotopic (exact) mass is 383 g/mol. The van der Waals surface area contributed by atoms with Gasteiger partial charge in [0, 0.05) is 28.9 Å². The Labute approximate surface area is 163 Å². The summed E-state index contributed by atoms with van der Waals surface area (Å²) in [5.74, 6) is 0.921. The molecule has 1 N–H and O–H groups in total. The number of hydrogen-bond donors (Lipinski definition) is 1. The van der Waals surface area contributed by atoms with E-state index >= 15 is 0 Å². The summed E-state index contributed by atoms with van der Waals surface area (Å²) in [6.45, 7) is 0. The Morgan fingerprint density at radius 2 is 2.11 bits per heavy atom. The van der Waals surface area contributed by atoms with Crippen LogP contribution >= 0.6 is 11.3 Å². The third-order valence-electron chi connectivity index (χ3n) is 5.21. The molecule has 0 atom stereocenters. The van der Waals surface area contributed by atoms with E-state index in [-0.39, 0.29) is 5.91 Å². The van der Waals surface area contributed by atoms with E-state index in [1.807, 2.05) is 40.2 Å². The zero-order valence-electron chi connectivity index (χ0n) is 15.6. The second kappa shape index (κ2) is 8.13. The molecule has 4 rings (SSSR count). The molecule has 0 saturated heterocycles. The van der Waals surface area contributed by atoms with E-state index in [0.717, 1.165) is 40.5 Å². The van der Waals surface area contributed by atoms with Crippen LogP contribution in [0.25, 0.3) is 16.2 Å². The van der Waals surface area contributed by atoms with Crippen molar-refractivity contribution in [2.45, 2.75) is 51.0 Å². The van der Waals surface area contributed by atoms with Crippen LogP contribution in [0.15, 0.2) is 35.8 Å². The number of carbonyl (C=O) groups is 1. The average Bonchev–Trinajstić information content (AvgIpc) is 3.16. The Hall–Kier alpha value is -2.34. The van der Waals surface area contributed by atoms with Gasteiger partial charge in [-0.05, 0) is 25.0 Å². The maximum Gasteiger partial charge on any atom is 0.226 e. The lowest BCUT2D eigenvalue weighted by Gasteiger charge is -2.15. The molecule has 1 aliphatic carbocycles. The first-order chi connectivity index (χ1) is 13.2. The maximum atomic E-state index is 12.5. The highest BCUT2D eigenvalue weighted by Gasteiger charge is 2.17. The highest BCUT2D eigenvalue weighted by atomic mass is 32.1. The van der Waals surface area contributed by atoms with Gasteiger partial charge >= 0.3 is 0 Å². The number of fused-ring (bicyclic) bond motifs is 1. The first-order valence-electron chi connectivity index (χ1n) is 9.62. The molecular weight excluding hydrogens is 358 g/mol. The topological polar surface area (TPSA) is 55.6 Å². The summed E-state index contributed by atoms with van der Waals surface area (Å²) in [6, 6.07) is 8.22. The van der Waals surface area contributed by atoms with Gasteiger partial charge in [0.15, 0.2) is 4.96 Å². The first-order valence-corrected chi connectivity index (χ1v) is 10.5. The van der Waals surface area contributed by atoms with Crippen molar-refractivity contribution in [1.82, 2.24) is 14.7 Å². The Balaban J connectivity index is 1.49. The molecule has 3 aromatic rings. The number of benzene rings is 1. The molecule has 1 aliphatic rings. The predicted molar refractivity (Wildman–Crippen MR) is 108 cm³/mol. The van der Waals surface area contributed by atoms with Crippen molar-refractivity contribution < 1.29 is 9.53 Å². The third-order valence-corrected chi connectivity index (χ3v) is 6.10. The van der Waals surface area contributed by atoms with Gasteiger partial charge in [-0.2, -0.15) is 0 Å². The summed E-state index contributed by atoms with van der Waals surface area (Å²) in [5.41, 5.74) is 2.90. The fourth-order valence-electron chi connectivity index (χ4n) is 3.74. The van der Waals surface area contributed by atoms with Crippen LogP contribution in [-0.2, 0) is 11.2 Å². The molecule has 2 heterocycles. The molecule has 2 aromatic heterocycles. The van der Waals surface area contributed by atoms with Crippen molar-refractivity contribution >= 4 is 22.2 Å². The number of rotatable bonds is 5. The van der Waals surface area contributed by atoms with Crippen LogP contribution in [0.4, 0.5) is 0 Å². The zero-order chi connectivity index (χ0) is 18.6. The van der Waals surface area contributed by atoms with Gasteiger partial charge < -0.3 is 10.1 Å². The molecule has 0 radical (unpaired) electrons. The maximum absolute atomic E-state index is 12.5. The summed E-state index contributed by atoms with van der Waals surface area (Å²) in [6.07, 6.45) is 9.64. The number of hydrogen-bond acceptors (Lipinski definition) is 4. The van der Waals surface area contributed by atoms with E-state index in [4.69, 9.17) is 9.72 Å². The van der Waals surface area contributed by atoms with Crippen LogP contribution < -0.4 is 10.1 Å². The van der Waals surface area contributed by atoms with Gasteiger partial charge in [0.25, 0.3) is 0 Å². The standard InChI is InChI=1S/C21H25N3O2S/c1-26-18-10-6-7-15(11-18)19-13-24-17(14-27-21(24)23-19)12-20(25)22-16-8-4-2-3-5-9-16/h6-7,10-11,13-14,16H,2-5,8-9,12H2,1H3,(H,22,25). The quantitative estimate of drug-likeness (QED) is 0.662. The van der Waals surface area contributed by atoms with Gasteiger partial charge in [-0.3, -0.25) is 9.20 Å². The second-order valence-corrected chi connectivity index (χ2v) is 8.01. The normalized spacial score (nSPS) is 15.6. The smallest absolute Gasteiger partial charge is 0.226 e. The molecule has 6 heteroatoms. The number of methoxy groups -OCH3 is 1. The number of ether oxygens (including phenoxy) is 1.